The van der Waals surface area contributed by atoms with Gasteiger partial charge in [-0.1, -0.05) is 37.8 Å². The van der Waals surface area contributed by atoms with Crippen molar-refractivity contribution in [2.75, 3.05) is 18.4 Å². The average molecular weight is 432 g/mol. The van der Waals surface area contributed by atoms with E-state index in [0.29, 0.717) is 5.82 Å². The summed E-state index contributed by atoms with van der Waals surface area (Å²) in [4.78, 5) is 19.7. The van der Waals surface area contributed by atoms with E-state index < -0.39 is 0 Å². The number of hydrogen-bond acceptors (Lipinski definition) is 4. The number of hydrogen-bond donors (Lipinski definition) is 1. The zero-order valence-corrected chi connectivity index (χ0v) is 19.0. The molecule has 1 saturated carbocycles. The molecule has 3 heterocycles. The fourth-order valence-corrected chi connectivity index (χ4v) is 5.19. The van der Waals surface area contributed by atoms with Crippen molar-refractivity contribution in [1.82, 2.24) is 19.7 Å². The van der Waals surface area contributed by atoms with Crippen LogP contribution in [-0.4, -0.2) is 38.7 Å². The Balaban J connectivity index is 1.39. The first-order chi connectivity index (χ1) is 15.7. The molecular formula is C26H33N5O. The van der Waals surface area contributed by atoms with Gasteiger partial charge in [-0.25, -0.2) is 4.98 Å². The number of pyridine rings is 1. The summed E-state index contributed by atoms with van der Waals surface area (Å²) in [5, 5.41) is 9.79. The topological polar surface area (TPSA) is 63.1 Å². The highest BCUT2D eigenvalue weighted by Gasteiger charge is 2.21. The highest BCUT2D eigenvalue weighted by molar-refractivity contribution is 5.95. The number of aromatic nitrogens is 3. The molecule has 1 aliphatic carbocycles. The van der Waals surface area contributed by atoms with Crippen LogP contribution in [0, 0.1) is 5.92 Å². The van der Waals surface area contributed by atoms with Crippen LogP contribution in [0.5, 0.6) is 0 Å². The monoisotopic (exact) mass is 431 g/mol. The summed E-state index contributed by atoms with van der Waals surface area (Å²) >= 11 is 0. The minimum absolute atomic E-state index is 0.115. The van der Waals surface area contributed by atoms with Gasteiger partial charge in [-0.15, -0.1) is 0 Å². The van der Waals surface area contributed by atoms with Crippen LogP contribution < -0.4 is 5.32 Å². The van der Waals surface area contributed by atoms with Gasteiger partial charge in [-0.05, 0) is 61.9 Å². The molecular weight excluding hydrogens is 398 g/mol. The van der Waals surface area contributed by atoms with Gasteiger partial charge in [0.05, 0.1) is 11.9 Å². The summed E-state index contributed by atoms with van der Waals surface area (Å²) in [5.74, 6) is 0.883. The van der Waals surface area contributed by atoms with Gasteiger partial charge in [-0.2, -0.15) is 5.10 Å². The first kappa shape index (κ1) is 21.1. The van der Waals surface area contributed by atoms with Gasteiger partial charge in [0.25, 0.3) is 0 Å². The van der Waals surface area contributed by atoms with Crippen LogP contribution in [0.15, 0.2) is 36.7 Å². The number of nitrogens with one attached hydrogen (secondary N) is 1. The van der Waals surface area contributed by atoms with Crippen LogP contribution in [0.1, 0.15) is 57.1 Å². The summed E-state index contributed by atoms with van der Waals surface area (Å²) in [5.41, 5.74) is 3.60. The summed E-state index contributed by atoms with van der Waals surface area (Å²) in [6, 6.07) is 8.47. The summed E-state index contributed by atoms with van der Waals surface area (Å²) in [6.45, 7) is 3.26. The Kier molecular flexibility index (Phi) is 6.21. The Hall–Kier alpha value is -2.73. The third-order valence-electron chi connectivity index (χ3n) is 7.14. The zero-order chi connectivity index (χ0) is 21.9. The zero-order valence-electron chi connectivity index (χ0n) is 19.0. The molecule has 32 heavy (non-hydrogen) atoms. The molecule has 1 saturated heterocycles. The van der Waals surface area contributed by atoms with Crippen molar-refractivity contribution in [2.45, 2.75) is 57.9 Å². The Morgan fingerprint density at radius 1 is 1.00 bits per heavy atom. The Morgan fingerprint density at radius 2 is 1.78 bits per heavy atom. The molecule has 1 aliphatic heterocycles. The number of piperidine rings is 1. The molecule has 0 unspecified atom stereocenters. The molecule has 2 fully saturated rings. The van der Waals surface area contributed by atoms with E-state index in [1.54, 1.807) is 0 Å². The number of benzene rings is 1. The predicted molar refractivity (Wildman–Crippen MR) is 128 cm³/mol. The third kappa shape index (κ3) is 4.56. The van der Waals surface area contributed by atoms with Gasteiger partial charge in [0.1, 0.15) is 5.82 Å². The third-order valence-corrected chi connectivity index (χ3v) is 7.14. The number of aryl methyl sites for hydroxylation is 1. The van der Waals surface area contributed by atoms with E-state index in [9.17, 15) is 4.79 Å². The van der Waals surface area contributed by atoms with Crippen molar-refractivity contribution in [3.8, 4) is 11.1 Å². The van der Waals surface area contributed by atoms with Crippen molar-refractivity contribution >= 4 is 22.5 Å². The van der Waals surface area contributed by atoms with Gasteiger partial charge in [-0.3, -0.25) is 14.4 Å². The second-order valence-electron chi connectivity index (χ2n) is 9.42. The van der Waals surface area contributed by atoms with Crippen LogP contribution >= 0.6 is 0 Å². The van der Waals surface area contributed by atoms with E-state index in [0.717, 1.165) is 61.7 Å². The van der Waals surface area contributed by atoms with E-state index >= 15 is 0 Å². The molecule has 0 atom stereocenters. The lowest BCUT2D eigenvalue weighted by molar-refractivity contribution is -0.120. The molecule has 3 aromatic rings. The van der Waals surface area contributed by atoms with E-state index in [1.165, 1.54) is 36.9 Å². The first-order valence-corrected chi connectivity index (χ1v) is 12.1. The molecule has 5 rings (SSSR count). The minimum Gasteiger partial charge on any atom is -0.310 e. The fourth-order valence-electron chi connectivity index (χ4n) is 5.19. The van der Waals surface area contributed by atoms with Crippen molar-refractivity contribution < 1.29 is 4.79 Å². The molecule has 6 heteroatoms. The quantitative estimate of drug-likeness (QED) is 0.608. The van der Waals surface area contributed by atoms with Crippen molar-refractivity contribution in [3.05, 3.63) is 42.4 Å². The average Bonchev–Trinajstić information content (AvgIpc) is 3.19. The molecule has 0 spiro atoms. The first-order valence-electron chi connectivity index (χ1n) is 12.1. The maximum Gasteiger partial charge on any atom is 0.228 e. The van der Waals surface area contributed by atoms with Crippen LogP contribution in [-0.2, 0) is 18.4 Å². The van der Waals surface area contributed by atoms with Gasteiger partial charge in [0.2, 0.25) is 5.91 Å². The molecule has 1 aromatic carbocycles. The molecule has 1 N–H and O–H groups in total. The van der Waals surface area contributed by atoms with Gasteiger partial charge >= 0.3 is 0 Å². The molecule has 6 nitrogen and oxygen atoms in total. The largest absolute Gasteiger partial charge is 0.310 e. The minimum atomic E-state index is 0.115. The molecule has 168 valence electrons. The van der Waals surface area contributed by atoms with E-state index in [1.807, 2.05) is 30.2 Å². The molecule has 2 aliphatic rings. The number of amides is 1. The molecule has 0 bridgehead atoms. The Morgan fingerprint density at radius 3 is 2.59 bits per heavy atom. The van der Waals surface area contributed by atoms with E-state index in [4.69, 9.17) is 0 Å². The summed E-state index contributed by atoms with van der Waals surface area (Å²) in [6.07, 6.45) is 13.3. The highest BCUT2D eigenvalue weighted by Crippen LogP contribution is 2.30. The number of fused-ring (bicyclic) bond motifs is 1. The molecule has 1 amide bonds. The number of carbonyl (C=O) groups excluding carboxylic acids is 1. The van der Waals surface area contributed by atoms with Crippen molar-refractivity contribution in [3.63, 3.8) is 0 Å². The number of nitrogens with zero attached hydrogens (tertiary/aromatic N) is 4. The second kappa shape index (κ2) is 9.41. The number of rotatable bonds is 5. The SMILES string of the molecule is Cn1ncc(-c2ccc3cnc(NC(=O)C4CCCCC4)cc3c2)c1CN1CCCCC1. The summed E-state index contributed by atoms with van der Waals surface area (Å²) in [7, 11) is 2.03. The van der Waals surface area contributed by atoms with Crippen LogP contribution in [0.4, 0.5) is 5.82 Å². The lowest BCUT2D eigenvalue weighted by atomic mass is 9.89. The van der Waals surface area contributed by atoms with Crippen molar-refractivity contribution in [1.29, 1.82) is 0 Å². The smallest absolute Gasteiger partial charge is 0.228 e. The van der Waals surface area contributed by atoms with Crippen LogP contribution in [0.25, 0.3) is 21.9 Å². The standard InChI is InChI=1S/C26H33N5O/c1-30-24(18-31-12-6-3-7-13-31)23(17-28-30)20-10-11-21-16-27-25(15-22(21)14-20)29-26(32)19-8-4-2-5-9-19/h10-11,14-17,19H,2-9,12-13,18H2,1H3,(H,27,29,32). The second-order valence-corrected chi connectivity index (χ2v) is 9.42. The fraction of sp³-hybridized carbons (Fsp3) is 0.500. The van der Waals surface area contributed by atoms with Gasteiger partial charge < -0.3 is 5.32 Å². The van der Waals surface area contributed by atoms with Gasteiger partial charge in [0, 0.05) is 36.7 Å². The van der Waals surface area contributed by atoms with E-state index in [2.05, 4.69) is 38.5 Å². The Bertz CT molecular complexity index is 1090. The maximum absolute atomic E-state index is 12.7. The van der Waals surface area contributed by atoms with E-state index in [-0.39, 0.29) is 11.8 Å². The maximum atomic E-state index is 12.7. The highest BCUT2D eigenvalue weighted by atomic mass is 16.1. The van der Waals surface area contributed by atoms with Crippen LogP contribution in [0.2, 0.25) is 0 Å². The number of anilines is 1. The number of likely N-dealkylation sites (tertiary alicyclic amines) is 1. The molecule has 0 radical (unpaired) electrons. The predicted octanol–water partition coefficient (Wildman–Crippen LogP) is 5.14. The molecule has 2 aromatic heterocycles. The summed E-state index contributed by atoms with van der Waals surface area (Å²) < 4.78 is 2.01. The lowest BCUT2D eigenvalue weighted by Crippen LogP contribution is -2.30. The normalized spacial score (nSPS) is 18.2. The number of carbonyl (C=O) groups is 1. The lowest BCUT2D eigenvalue weighted by Gasteiger charge is -2.26. The Labute approximate surface area is 190 Å². The van der Waals surface area contributed by atoms with Crippen LogP contribution in [0.3, 0.4) is 0 Å². The van der Waals surface area contributed by atoms with Crippen molar-refractivity contribution in [2.24, 2.45) is 13.0 Å². The van der Waals surface area contributed by atoms with Gasteiger partial charge in [0.15, 0.2) is 0 Å².